The van der Waals surface area contributed by atoms with Crippen LogP contribution in [-0.2, 0) is 19.5 Å². The molecule has 1 N–H and O–H groups in total. The second kappa shape index (κ2) is 6.70. The van der Waals surface area contributed by atoms with E-state index in [0.717, 1.165) is 54.5 Å². The third-order valence-electron chi connectivity index (χ3n) is 3.60. The normalized spacial score (nSPS) is 11.6. The lowest BCUT2D eigenvalue weighted by atomic mass is 10.3. The summed E-state index contributed by atoms with van der Waals surface area (Å²) in [7, 11) is 0. The van der Waals surface area contributed by atoms with E-state index in [4.69, 9.17) is 4.52 Å². The predicted octanol–water partition coefficient (Wildman–Crippen LogP) is 2.92. The van der Waals surface area contributed by atoms with Crippen LogP contribution in [0.5, 0.6) is 0 Å². The number of imidazole rings is 1. The molecule has 0 spiro atoms. The SMILES string of the molecule is CCCc1nc(CN(CC)Cc2nc3ccccc3[nH]2)no1. The van der Waals surface area contributed by atoms with Gasteiger partial charge in [-0.15, -0.1) is 0 Å². The Balaban J connectivity index is 1.68. The molecule has 0 aliphatic carbocycles. The topological polar surface area (TPSA) is 70.8 Å². The lowest BCUT2D eigenvalue weighted by Gasteiger charge is -2.16. The Bertz CT molecular complexity index is 700. The van der Waals surface area contributed by atoms with E-state index in [1.165, 1.54) is 0 Å². The van der Waals surface area contributed by atoms with Crippen molar-refractivity contribution in [3.8, 4) is 0 Å². The monoisotopic (exact) mass is 299 g/mol. The number of aryl methyl sites for hydroxylation is 1. The number of aromatic amines is 1. The maximum atomic E-state index is 5.24. The first-order valence-electron chi connectivity index (χ1n) is 7.76. The molecule has 0 atom stereocenters. The molecule has 116 valence electrons. The van der Waals surface area contributed by atoms with Crippen LogP contribution in [0.3, 0.4) is 0 Å². The predicted molar refractivity (Wildman–Crippen MR) is 84.2 cm³/mol. The number of hydrogen-bond acceptors (Lipinski definition) is 5. The van der Waals surface area contributed by atoms with Gasteiger partial charge in [-0.3, -0.25) is 4.90 Å². The first-order valence-corrected chi connectivity index (χ1v) is 7.76. The molecule has 6 heteroatoms. The van der Waals surface area contributed by atoms with Crippen LogP contribution in [0.15, 0.2) is 28.8 Å². The lowest BCUT2D eigenvalue weighted by Crippen LogP contribution is -2.23. The van der Waals surface area contributed by atoms with Crippen molar-refractivity contribution >= 4 is 11.0 Å². The number of nitrogens with one attached hydrogen (secondary N) is 1. The molecule has 22 heavy (non-hydrogen) atoms. The molecule has 0 saturated carbocycles. The number of hydrogen-bond donors (Lipinski definition) is 1. The van der Waals surface area contributed by atoms with Gasteiger partial charge in [0.15, 0.2) is 5.82 Å². The Morgan fingerprint density at radius 2 is 2.00 bits per heavy atom. The molecule has 2 heterocycles. The van der Waals surface area contributed by atoms with Crippen molar-refractivity contribution in [2.75, 3.05) is 6.54 Å². The van der Waals surface area contributed by atoms with Crippen molar-refractivity contribution in [2.24, 2.45) is 0 Å². The fourth-order valence-corrected chi connectivity index (χ4v) is 2.44. The van der Waals surface area contributed by atoms with Crippen molar-refractivity contribution in [3.05, 3.63) is 41.8 Å². The fourth-order valence-electron chi connectivity index (χ4n) is 2.44. The summed E-state index contributed by atoms with van der Waals surface area (Å²) in [5.74, 6) is 2.42. The highest BCUT2D eigenvalue weighted by Gasteiger charge is 2.12. The van der Waals surface area contributed by atoms with Crippen molar-refractivity contribution in [1.29, 1.82) is 0 Å². The van der Waals surface area contributed by atoms with Gasteiger partial charge in [0, 0.05) is 6.42 Å². The Morgan fingerprint density at radius 3 is 2.77 bits per heavy atom. The highest BCUT2D eigenvalue weighted by atomic mass is 16.5. The largest absolute Gasteiger partial charge is 0.341 e. The van der Waals surface area contributed by atoms with Gasteiger partial charge in [0.25, 0.3) is 0 Å². The van der Waals surface area contributed by atoms with Crippen molar-refractivity contribution in [3.63, 3.8) is 0 Å². The van der Waals surface area contributed by atoms with E-state index in [2.05, 4.69) is 38.9 Å². The van der Waals surface area contributed by atoms with Gasteiger partial charge >= 0.3 is 0 Å². The highest BCUT2D eigenvalue weighted by Crippen LogP contribution is 2.13. The number of H-pyrrole nitrogens is 1. The van der Waals surface area contributed by atoms with Gasteiger partial charge in [-0.05, 0) is 25.1 Å². The summed E-state index contributed by atoms with van der Waals surface area (Å²) in [6.07, 6.45) is 1.85. The summed E-state index contributed by atoms with van der Waals surface area (Å²) in [6.45, 7) is 6.53. The molecule has 0 aliphatic rings. The second-order valence-electron chi connectivity index (χ2n) is 5.36. The molecular weight excluding hydrogens is 278 g/mol. The highest BCUT2D eigenvalue weighted by molar-refractivity contribution is 5.74. The van der Waals surface area contributed by atoms with E-state index in [9.17, 15) is 0 Å². The minimum atomic E-state index is 0.667. The van der Waals surface area contributed by atoms with Crippen molar-refractivity contribution in [2.45, 2.75) is 39.8 Å². The van der Waals surface area contributed by atoms with Crippen molar-refractivity contribution in [1.82, 2.24) is 25.0 Å². The molecule has 6 nitrogen and oxygen atoms in total. The van der Waals surface area contributed by atoms with Crippen LogP contribution >= 0.6 is 0 Å². The second-order valence-corrected chi connectivity index (χ2v) is 5.36. The van der Waals surface area contributed by atoms with Crippen LogP contribution in [0.4, 0.5) is 0 Å². The van der Waals surface area contributed by atoms with E-state index in [1.54, 1.807) is 0 Å². The van der Waals surface area contributed by atoms with Gasteiger partial charge in [-0.2, -0.15) is 4.98 Å². The van der Waals surface area contributed by atoms with Crippen LogP contribution in [0, 0.1) is 0 Å². The molecule has 0 saturated heterocycles. The summed E-state index contributed by atoms with van der Waals surface area (Å²) in [5, 5.41) is 4.05. The average molecular weight is 299 g/mol. The minimum absolute atomic E-state index is 0.667. The molecule has 0 unspecified atom stereocenters. The van der Waals surface area contributed by atoms with Crippen molar-refractivity contribution < 1.29 is 4.52 Å². The number of rotatable bonds is 7. The molecule has 0 aliphatic heterocycles. The van der Waals surface area contributed by atoms with Gasteiger partial charge in [0.05, 0.1) is 24.1 Å². The zero-order valence-electron chi connectivity index (χ0n) is 13.0. The smallest absolute Gasteiger partial charge is 0.226 e. The summed E-state index contributed by atoms with van der Waals surface area (Å²) in [4.78, 5) is 14.6. The van der Waals surface area contributed by atoms with Crippen LogP contribution in [0.2, 0.25) is 0 Å². The summed E-state index contributed by atoms with van der Waals surface area (Å²) >= 11 is 0. The summed E-state index contributed by atoms with van der Waals surface area (Å²) < 4.78 is 5.24. The number of aromatic nitrogens is 4. The van der Waals surface area contributed by atoms with E-state index in [-0.39, 0.29) is 0 Å². The Labute approximate surface area is 129 Å². The molecule has 2 aromatic heterocycles. The number of benzene rings is 1. The molecule has 0 fully saturated rings. The van der Waals surface area contributed by atoms with Crippen LogP contribution in [0.25, 0.3) is 11.0 Å². The zero-order chi connectivity index (χ0) is 15.4. The van der Waals surface area contributed by atoms with E-state index in [0.29, 0.717) is 6.54 Å². The maximum absolute atomic E-state index is 5.24. The Kier molecular flexibility index (Phi) is 4.48. The van der Waals surface area contributed by atoms with Gasteiger partial charge < -0.3 is 9.51 Å². The third-order valence-corrected chi connectivity index (χ3v) is 3.60. The molecule has 3 aromatic rings. The quantitative estimate of drug-likeness (QED) is 0.726. The van der Waals surface area contributed by atoms with E-state index < -0.39 is 0 Å². The number of para-hydroxylation sites is 2. The maximum Gasteiger partial charge on any atom is 0.226 e. The van der Waals surface area contributed by atoms with Crippen LogP contribution in [-0.4, -0.2) is 31.6 Å². The molecule has 0 amide bonds. The van der Waals surface area contributed by atoms with Gasteiger partial charge in [0.2, 0.25) is 5.89 Å². The Hall–Kier alpha value is -2.21. The lowest BCUT2D eigenvalue weighted by molar-refractivity contribution is 0.253. The third kappa shape index (κ3) is 3.33. The summed E-state index contributed by atoms with van der Waals surface area (Å²) in [6, 6.07) is 8.07. The minimum Gasteiger partial charge on any atom is -0.341 e. The summed E-state index contributed by atoms with van der Waals surface area (Å²) in [5.41, 5.74) is 2.07. The molecule has 3 rings (SSSR count). The average Bonchev–Trinajstić information content (AvgIpc) is 3.13. The van der Waals surface area contributed by atoms with Gasteiger partial charge in [-0.25, -0.2) is 4.98 Å². The zero-order valence-corrected chi connectivity index (χ0v) is 13.0. The first-order chi connectivity index (χ1) is 10.8. The Morgan fingerprint density at radius 1 is 1.14 bits per heavy atom. The fraction of sp³-hybridized carbons (Fsp3) is 0.438. The van der Waals surface area contributed by atoms with E-state index >= 15 is 0 Å². The van der Waals surface area contributed by atoms with Crippen LogP contribution < -0.4 is 0 Å². The molecule has 0 radical (unpaired) electrons. The number of fused-ring (bicyclic) bond motifs is 1. The van der Waals surface area contributed by atoms with Gasteiger partial charge in [-0.1, -0.05) is 31.1 Å². The molecule has 1 aromatic carbocycles. The first kappa shape index (κ1) is 14.7. The number of nitrogens with zero attached hydrogens (tertiary/aromatic N) is 4. The van der Waals surface area contributed by atoms with Crippen LogP contribution in [0.1, 0.15) is 37.8 Å². The molecular formula is C16H21N5O. The standard InChI is InChI=1S/C16H21N5O/c1-3-7-16-19-15(20-22-16)11-21(4-2)10-14-17-12-8-5-6-9-13(12)18-14/h5-6,8-9H,3-4,7,10-11H2,1-2H3,(H,17,18). The van der Waals surface area contributed by atoms with Gasteiger partial charge in [0.1, 0.15) is 5.82 Å². The molecule has 0 bridgehead atoms. The van der Waals surface area contributed by atoms with E-state index in [1.807, 2.05) is 24.3 Å².